The van der Waals surface area contributed by atoms with Crippen LogP contribution in [0.1, 0.15) is 38.2 Å². The Bertz CT molecular complexity index is 964. The van der Waals surface area contributed by atoms with Gasteiger partial charge in [-0.15, -0.1) is 11.3 Å². The van der Waals surface area contributed by atoms with Crippen molar-refractivity contribution in [3.05, 3.63) is 46.2 Å². The lowest BCUT2D eigenvalue weighted by atomic mass is 9.98. The minimum Gasteiger partial charge on any atom is -0.327 e. The number of amides is 1. The second-order valence-electron chi connectivity index (χ2n) is 7.15. The molecule has 146 valence electrons. The lowest BCUT2D eigenvalue weighted by Gasteiger charge is -2.29. The van der Waals surface area contributed by atoms with Crippen LogP contribution in [-0.2, 0) is 21.9 Å². The van der Waals surface area contributed by atoms with E-state index in [1.807, 2.05) is 35.3 Å². The van der Waals surface area contributed by atoms with Gasteiger partial charge in [0.1, 0.15) is 0 Å². The topological polar surface area (TPSA) is 71.7 Å². The van der Waals surface area contributed by atoms with Crippen LogP contribution in [0.15, 0.2) is 45.7 Å². The normalized spacial score (nSPS) is 17.6. The molecule has 1 aromatic heterocycles. The highest BCUT2D eigenvalue weighted by Gasteiger charge is 2.32. The lowest BCUT2D eigenvalue weighted by Crippen LogP contribution is -2.40. The first kappa shape index (κ1) is 20.0. The van der Waals surface area contributed by atoms with Gasteiger partial charge in [0.15, 0.2) is 4.80 Å². The summed E-state index contributed by atoms with van der Waals surface area (Å²) in [7, 11) is -1.67. The van der Waals surface area contributed by atoms with Crippen LogP contribution >= 0.6 is 11.3 Å². The summed E-state index contributed by atoms with van der Waals surface area (Å²) in [5, 5.41) is 1.88. The standard InChI is InChI=1S/C19H25N3O3S2/c1-14(2)15-4-6-17(7-5-15)27(24,25)22-10-8-16(9-11-22)18(23)20-19-21(3)12-13-26-19/h4-7,12-14,16H,8-11H2,1-3H3. The van der Waals surface area contributed by atoms with Gasteiger partial charge in [-0.2, -0.15) is 9.30 Å². The first-order valence-corrected chi connectivity index (χ1v) is 11.4. The number of hydrogen-bond acceptors (Lipinski definition) is 4. The Balaban J connectivity index is 1.67. The number of hydrogen-bond donors (Lipinski definition) is 0. The zero-order valence-electron chi connectivity index (χ0n) is 15.8. The predicted molar refractivity (Wildman–Crippen MR) is 106 cm³/mol. The van der Waals surface area contributed by atoms with E-state index in [1.54, 1.807) is 12.1 Å². The molecule has 0 unspecified atom stereocenters. The summed E-state index contributed by atoms with van der Waals surface area (Å²) in [6, 6.07) is 7.09. The fourth-order valence-corrected chi connectivity index (χ4v) is 5.34. The van der Waals surface area contributed by atoms with Crippen molar-refractivity contribution in [3.8, 4) is 0 Å². The minimum atomic E-state index is -3.52. The van der Waals surface area contributed by atoms with E-state index < -0.39 is 10.0 Å². The van der Waals surface area contributed by atoms with E-state index in [4.69, 9.17) is 0 Å². The largest absolute Gasteiger partial charge is 0.327 e. The van der Waals surface area contributed by atoms with Crippen molar-refractivity contribution in [2.45, 2.75) is 37.5 Å². The highest BCUT2D eigenvalue weighted by atomic mass is 32.2. The second-order valence-corrected chi connectivity index (χ2v) is 9.96. The van der Waals surface area contributed by atoms with Crippen molar-refractivity contribution in [1.82, 2.24) is 8.87 Å². The summed E-state index contributed by atoms with van der Waals surface area (Å²) in [6.45, 7) is 4.84. The molecule has 2 heterocycles. The maximum absolute atomic E-state index is 12.9. The predicted octanol–water partition coefficient (Wildman–Crippen LogP) is 2.74. The molecule has 1 aromatic carbocycles. The van der Waals surface area contributed by atoms with Crippen LogP contribution in [0.5, 0.6) is 0 Å². The smallest absolute Gasteiger partial charge is 0.251 e. The van der Waals surface area contributed by atoms with Crippen LogP contribution in [0.25, 0.3) is 0 Å². The fraction of sp³-hybridized carbons (Fsp3) is 0.474. The van der Waals surface area contributed by atoms with E-state index in [9.17, 15) is 13.2 Å². The van der Waals surface area contributed by atoms with Crippen LogP contribution in [0, 0.1) is 5.92 Å². The molecule has 0 saturated carbocycles. The summed E-state index contributed by atoms with van der Waals surface area (Å²) in [5.74, 6) is -0.0225. The number of thiazole rings is 1. The van der Waals surface area contributed by atoms with Gasteiger partial charge in [-0.3, -0.25) is 4.79 Å². The molecule has 3 rings (SSSR count). The van der Waals surface area contributed by atoms with Crippen molar-refractivity contribution in [2.24, 2.45) is 18.0 Å². The molecule has 0 radical (unpaired) electrons. The molecule has 0 N–H and O–H groups in total. The van der Waals surface area contributed by atoms with E-state index in [0.717, 1.165) is 5.56 Å². The highest BCUT2D eigenvalue weighted by Crippen LogP contribution is 2.25. The number of sulfonamides is 1. The minimum absolute atomic E-state index is 0.161. The third-order valence-corrected chi connectivity index (χ3v) is 7.71. The average molecular weight is 408 g/mol. The summed E-state index contributed by atoms with van der Waals surface area (Å²) < 4.78 is 29.0. The average Bonchev–Trinajstić information content (AvgIpc) is 3.06. The Morgan fingerprint density at radius 2 is 1.81 bits per heavy atom. The maximum Gasteiger partial charge on any atom is 0.251 e. The molecule has 27 heavy (non-hydrogen) atoms. The Morgan fingerprint density at radius 3 is 2.33 bits per heavy atom. The molecular weight excluding hydrogens is 382 g/mol. The highest BCUT2D eigenvalue weighted by molar-refractivity contribution is 7.89. The summed E-state index contributed by atoms with van der Waals surface area (Å²) in [5.41, 5.74) is 1.11. The van der Waals surface area contributed by atoms with Gasteiger partial charge in [-0.1, -0.05) is 26.0 Å². The van der Waals surface area contributed by atoms with Gasteiger partial charge in [0.25, 0.3) is 5.91 Å². The summed E-state index contributed by atoms with van der Waals surface area (Å²) >= 11 is 1.42. The quantitative estimate of drug-likeness (QED) is 0.782. The SMILES string of the molecule is CC(C)c1ccc(S(=O)(=O)N2CCC(C(=O)N=c3sccn3C)CC2)cc1. The van der Waals surface area contributed by atoms with Crippen molar-refractivity contribution in [2.75, 3.05) is 13.1 Å². The number of carbonyl (C=O) groups is 1. The van der Waals surface area contributed by atoms with Crippen LogP contribution < -0.4 is 4.80 Å². The van der Waals surface area contributed by atoms with E-state index in [1.165, 1.54) is 15.6 Å². The number of rotatable bonds is 4. The number of benzene rings is 1. The van der Waals surface area contributed by atoms with Crippen molar-refractivity contribution < 1.29 is 13.2 Å². The Labute approximate surface area is 164 Å². The van der Waals surface area contributed by atoms with Gasteiger partial charge in [0, 0.05) is 37.6 Å². The number of piperidine rings is 1. The second kappa shape index (κ2) is 8.08. The fourth-order valence-electron chi connectivity index (χ4n) is 3.14. The monoisotopic (exact) mass is 407 g/mol. The number of aromatic nitrogens is 1. The molecule has 0 atom stereocenters. The molecule has 1 aliphatic heterocycles. The number of aryl methyl sites for hydroxylation is 1. The molecule has 1 aliphatic rings. The molecule has 1 fully saturated rings. The molecular formula is C19H25N3O3S2. The van der Waals surface area contributed by atoms with Crippen molar-refractivity contribution in [3.63, 3.8) is 0 Å². The van der Waals surface area contributed by atoms with Crippen LogP contribution in [0.2, 0.25) is 0 Å². The number of nitrogens with zero attached hydrogens (tertiary/aromatic N) is 3. The molecule has 1 saturated heterocycles. The van der Waals surface area contributed by atoms with Gasteiger partial charge in [-0.05, 0) is 36.5 Å². The Hall–Kier alpha value is -1.77. The molecule has 0 aliphatic carbocycles. The van der Waals surface area contributed by atoms with E-state index in [-0.39, 0.29) is 11.8 Å². The summed E-state index contributed by atoms with van der Waals surface area (Å²) in [4.78, 5) is 17.6. The van der Waals surface area contributed by atoms with E-state index in [0.29, 0.717) is 41.5 Å². The molecule has 6 nitrogen and oxygen atoms in total. The van der Waals surface area contributed by atoms with Gasteiger partial charge >= 0.3 is 0 Å². The van der Waals surface area contributed by atoms with E-state index in [2.05, 4.69) is 18.8 Å². The Kier molecular flexibility index (Phi) is 5.98. The lowest BCUT2D eigenvalue weighted by molar-refractivity contribution is -0.122. The third kappa shape index (κ3) is 4.39. The van der Waals surface area contributed by atoms with Gasteiger partial charge in [-0.25, -0.2) is 8.42 Å². The summed E-state index contributed by atoms with van der Waals surface area (Å²) in [6.07, 6.45) is 2.86. The Morgan fingerprint density at radius 1 is 1.19 bits per heavy atom. The van der Waals surface area contributed by atoms with Crippen LogP contribution in [0.4, 0.5) is 0 Å². The molecule has 0 spiro atoms. The first-order chi connectivity index (χ1) is 12.8. The third-order valence-electron chi connectivity index (χ3n) is 4.95. The van der Waals surface area contributed by atoms with Crippen LogP contribution in [-0.4, -0.2) is 36.3 Å². The molecule has 8 heteroatoms. The molecule has 1 amide bonds. The first-order valence-electron chi connectivity index (χ1n) is 9.08. The van der Waals surface area contributed by atoms with Crippen molar-refractivity contribution in [1.29, 1.82) is 0 Å². The maximum atomic E-state index is 12.9. The van der Waals surface area contributed by atoms with Crippen molar-refractivity contribution >= 4 is 27.3 Å². The molecule has 0 bridgehead atoms. The van der Waals surface area contributed by atoms with Gasteiger partial charge in [0.05, 0.1) is 4.90 Å². The van der Waals surface area contributed by atoms with Gasteiger partial charge in [0.2, 0.25) is 10.0 Å². The zero-order chi connectivity index (χ0) is 19.6. The zero-order valence-corrected chi connectivity index (χ0v) is 17.5. The van der Waals surface area contributed by atoms with Gasteiger partial charge < -0.3 is 4.57 Å². The number of carbonyl (C=O) groups excluding carboxylic acids is 1. The van der Waals surface area contributed by atoms with Crippen LogP contribution in [0.3, 0.4) is 0 Å². The molecule has 2 aromatic rings. The van der Waals surface area contributed by atoms with E-state index >= 15 is 0 Å².